The van der Waals surface area contributed by atoms with E-state index in [1.165, 1.54) is 23.9 Å². The minimum Gasteiger partial charge on any atom is -0.349 e. The first-order valence-electron chi connectivity index (χ1n) is 6.21. The van der Waals surface area contributed by atoms with Crippen molar-refractivity contribution in [3.63, 3.8) is 0 Å². The van der Waals surface area contributed by atoms with Crippen LogP contribution < -0.4 is 5.32 Å². The number of nitrogens with one attached hydrogen (secondary N) is 1. The summed E-state index contributed by atoms with van der Waals surface area (Å²) in [7, 11) is 1.88. The lowest BCUT2D eigenvalue weighted by molar-refractivity contribution is -0.119. The van der Waals surface area contributed by atoms with Gasteiger partial charge in [-0.2, -0.15) is 0 Å². The summed E-state index contributed by atoms with van der Waals surface area (Å²) < 4.78 is 14.7. The average Bonchev–Trinajstić information content (AvgIpc) is 2.82. The predicted molar refractivity (Wildman–Crippen MR) is 76.9 cm³/mol. The van der Waals surface area contributed by atoms with Gasteiger partial charge in [0.25, 0.3) is 0 Å². The van der Waals surface area contributed by atoms with Gasteiger partial charge in [0, 0.05) is 19.4 Å². The Morgan fingerprint density at radius 2 is 2.15 bits per heavy atom. The number of rotatable bonds is 5. The summed E-state index contributed by atoms with van der Waals surface area (Å²) in [6.07, 6.45) is 3.53. The molecule has 0 fully saturated rings. The van der Waals surface area contributed by atoms with Crippen LogP contribution >= 0.6 is 11.8 Å². The van der Waals surface area contributed by atoms with Crippen molar-refractivity contribution < 1.29 is 9.18 Å². The fourth-order valence-corrected chi connectivity index (χ4v) is 2.48. The number of thioether (sulfide) groups is 1. The molecule has 0 radical (unpaired) electrons. The molecule has 4 nitrogen and oxygen atoms in total. The third-order valence-corrected chi connectivity index (χ3v) is 3.91. The highest BCUT2D eigenvalue weighted by molar-refractivity contribution is 7.99. The molecule has 1 amide bonds. The number of carbonyl (C=O) groups excluding carboxylic acids is 1. The van der Waals surface area contributed by atoms with Gasteiger partial charge in [0.05, 0.1) is 11.8 Å². The molecule has 106 valence electrons. The topological polar surface area (TPSA) is 46.9 Å². The largest absolute Gasteiger partial charge is 0.349 e. The zero-order valence-electron chi connectivity index (χ0n) is 11.3. The van der Waals surface area contributed by atoms with E-state index in [1.54, 1.807) is 18.3 Å². The van der Waals surface area contributed by atoms with Crippen LogP contribution in [-0.2, 0) is 11.8 Å². The van der Waals surface area contributed by atoms with Gasteiger partial charge in [-0.25, -0.2) is 9.37 Å². The first kappa shape index (κ1) is 14.6. The zero-order chi connectivity index (χ0) is 14.5. The summed E-state index contributed by atoms with van der Waals surface area (Å²) >= 11 is 1.38. The number of nitrogens with zero attached hydrogens (tertiary/aromatic N) is 2. The summed E-state index contributed by atoms with van der Waals surface area (Å²) in [5.41, 5.74) is 0.877. The maximum absolute atomic E-state index is 12.8. The molecule has 1 aromatic carbocycles. The normalized spacial score (nSPS) is 12.2. The molecule has 0 saturated carbocycles. The van der Waals surface area contributed by atoms with Crippen LogP contribution in [0.4, 0.5) is 4.39 Å². The number of aromatic nitrogens is 2. The van der Waals surface area contributed by atoms with Crippen molar-refractivity contribution >= 4 is 17.7 Å². The molecule has 0 aliphatic heterocycles. The molecule has 2 rings (SSSR count). The van der Waals surface area contributed by atoms with Crippen LogP contribution in [0.15, 0.2) is 41.8 Å². The number of halogens is 1. The molecule has 20 heavy (non-hydrogen) atoms. The summed E-state index contributed by atoms with van der Waals surface area (Å²) in [6, 6.07) is 5.98. The van der Waals surface area contributed by atoms with E-state index in [4.69, 9.17) is 0 Å². The number of benzene rings is 1. The van der Waals surface area contributed by atoms with Gasteiger partial charge in [-0.15, -0.1) is 0 Å². The molecule has 2 aromatic rings. The maximum atomic E-state index is 12.8. The van der Waals surface area contributed by atoms with E-state index in [0.717, 1.165) is 10.7 Å². The molecule has 6 heteroatoms. The van der Waals surface area contributed by atoms with E-state index in [1.807, 2.05) is 24.7 Å². The van der Waals surface area contributed by atoms with Crippen LogP contribution in [0.1, 0.15) is 18.5 Å². The standard InChI is InChI=1S/C14H16FN3OS/c1-10(11-3-5-12(15)6-4-11)17-13(19)9-20-14-16-7-8-18(14)2/h3-8,10H,9H2,1-2H3,(H,17,19). The van der Waals surface area contributed by atoms with E-state index in [-0.39, 0.29) is 17.8 Å². The Kier molecular flexibility index (Phi) is 4.79. The predicted octanol–water partition coefficient (Wildman–Crippen LogP) is 2.53. The maximum Gasteiger partial charge on any atom is 0.230 e. The van der Waals surface area contributed by atoms with Gasteiger partial charge in [0.1, 0.15) is 5.82 Å². The lowest BCUT2D eigenvalue weighted by Gasteiger charge is -2.14. The molecule has 0 saturated heterocycles. The van der Waals surface area contributed by atoms with Gasteiger partial charge in [-0.1, -0.05) is 23.9 Å². The van der Waals surface area contributed by atoms with Crippen molar-refractivity contribution in [2.45, 2.75) is 18.1 Å². The number of hydrogen-bond donors (Lipinski definition) is 1. The van der Waals surface area contributed by atoms with Crippen molar-refractivity contribution in [1.29, 1.82) is 0 Å². The summed E-state index contributed by atoms with van der Waals surface area (Å²) in [5, 5.41) is 3.68. The smallest absolute Gasteiger partial charge is 0.230 e. The Labute approximate surface area is 121 Å². The quantitative estimate of drug-likeness (QED) is 0.862. The molecule has 0 aliphatic carbocycles. The summed E-state index contributed by atoms with van der Waals surface area (Å²) in [4.78, 5) is 16.0. The second-order valence-corrected chi connectivity index (χ2v) is 5.39. The minimum atomic E-state index is -0.280. The summed E-state index contributed by atoms with van der Waals surface area (Å²) in [6.45, 7) is 1.87. The molecular formula is C14H16FN3OS. The van der Waals surface area contributed by atoms with Gasteiger partial charge >= 0.3 is 0 Å². The van der Waals surface area contributed by atoms with E-state index in [9.17, 15) is 9.18 Å². The SMILES string of the molecule is CC(NC(=O)CSc1nccn1C)c1ccc(F)cc1. The van der Waals surface area contributed by atoms with E-state index < -0.39 is 0 Å². The Morgan fingerprint density at radius 1 is 1.45 bits per heavy atom. The first-order chi connectivity index (χ1) is 9.56. The highest BCUT2D eigenvalue weighted by Crippen LogP contribution is 2.16. The minimum absolute atomic E-state index is 0.0742. The lowest BCUT2D eigenvalue weighted by atomic mass is 10.1. The monoisotopic (exact) mass is 293 g/mol. The van der Waals surface area contributed by atoms with E-state index in [2.05, 4.69) is 10.3 Å². The average molecular weight is 293 g/mol. The molecule has 1 atom stereocenters. The van der Waals surface area contributed by atoms with Crippen molar-refractivity contribution in [2.75, 3.05) is 5.75 Å². The third-order valence-electron chi connectivity index (χ3n) is 2.86. The van der Waals surface area contributed by atoms with Crippen LogP contribution in [-0.4, -0.2) is 21.2 Å². The number of aryl methyl sites for hydroxylation is 1. The van der Waals surface area contributed by atoms with Gasteiger partial charge in [0.15, 0.2) is 5.16 Å². The number of carbonyl (C=O) groups is 1. The fraction of sp³-hybridized carbons (Fsp3) is 0.286. The Balaban J connectivity index is 1.85. The van der Waals surface area contributed by atoms with Crippen LogP contribution in [0.2, 0.25) is 0 Å². The number of hydrogen-bond acceptors (Lipinski definition) is 3. The van der Waals surface area contributed by atoms with Gasteiger partial charge in [0.2, 0.25) is 5.91 Å². The van der Waals surface area contributed by atoms with Gasteiger partial charge in [-0.05, 0) is 24.6 Å². The van der Waals surface area contributed by atoms with Crippen molar-refractivity contribution in [2.24, 2.45) is 7.05 Å². The van der Waals surface area contributed by atoms with E-state index >= 15 is 0 Å². The Morgan fingerprint density at radius 3 is 2.75 bits per heavy atom. The Hall–Kier alpha value is -1.82. The van der Waals surface area contributed by atoms with Crippen molar-refractivity contribution in [3.8, 4) is 0 Å². The molecule has 0 bridgehead atoms. The highest BCUT2D eigenvalue weighted by Gasteiger charge is 2.11. The molecule has 1 heterocycles. The van der Waals surface area contributed by atoms with Crippen LogP contribution in [0.5, 0.6) is 0 Å². The molecule has 1 aromatic heterocycles. The van der Waals surface area contributed by atoms with Crippen LogP contribution in [0.3, 0.4) is 0 Å². The first-order valence-corrected chi connectivity index (χ1v) is 7.20. The van der Waals surface area contributed by atoms with Crippen LogP contribution in [0.25, 0.3) is 0 Å². The molecule has 0 aliphatic rings. The second-order valence-electron chi connectivity index (χ2n) is 4.45. The molecule has 0 spiro atoms. The van der Waals surface area contributed by atoms with Crippen molar-refractivity contribution in [1.82, 2.24) is 14.9 Å². The Bertz CT molecular complexity index is 582. The second kappa shape index (κ2) is 6.56. The zero-order valence-corrected chi connectivity index (χ0v) is 12.2. The number of imidazole rings is 1. The van der Waals surface area contributed by atoms with E-state index in [0.29, 0.717) is 5.75 Å². The summed E-state index contributed by atoms with van der Waals surface area (Å²) in [5.74, 6) is -0.0523. The van der Waals surface area contributed by atoms with Gasteiger partial charge in [-0.3, -0.25) is 4.79 Å². The van der Waals surface area contributed by atoms with Crippen LogP contribution in [0, 0.1) is 5.82 Å². The third kappa shape index (κ3) is 3.84. The number of amides is 1. The molecule has 1 N–H and O–H groups in total. The fourth-order valence-electron chi connectivity index (χ4n) is 1.74. The highest BCUT2D eigenvalue weighted by atomic mass is 32.2. The molecular weight excluding hydrogens is 277 g/mol. The van der Waals surface area contributed by atoms with Crippen molar-refractivity contribution in [3.05, 3.63) is 48.0 Å². The molecule has 1 unspecified atom stereocenters. The lowest BCUT2D eigenvalue weighted by Crippen LogP contribution is -2.28. The van der Waals surface area contributed by atoms with Gasteiger partial charge < -0.3 is 9.88 Å².